The number of nitrogens with zero attached hydrogens (tertiary/aromatic N) is 3. The summed E-state index contributed by atoms with van der Waals surface area (Å²) in [5.41, 5.74) is 9.13. The van der Waals surface area contributed by atoms with Crippen molar-refractivity contribution in [3.8, 4) is 6.07 Å². The van der Waals surface area contributed by atoms with E-state index in [0.29, 0.717) is 35.5 Å². The number of hydrogen-bond acceptors (Lipinski definition) is 5. The lowest BCUT2D eigenvalue weighted by Crippen LogP contribution is -2.53. The normalized spacial score (nSPS) is 22.0. The summed E-state index contributed by atoms with van der Waals surface area (Å²) in [5.74, 6) is -0.245. The van der Waals surface area contributed by atoms with Gasteiger partial charge in [0.15, 0.2) is 5.78 Å². The number of rotatable bonds is 3. The van der Waals surface area contributed by atoms with Crippen molar-refractivity contribution in [1.82, 2.24) is 0 Å². The first-order valence-corrected chi connectivity index (χ1v) is 12.8. The van der Waals surface area contributed by atoms with Crippen molar-refractivity contribution < 1.29 is 9.59 Å². The molecule has 0 radical (unpaired) electrons. The van der Waals surface area contributed by atoms with Crippen LogP contribution in [-0.4, -0.2) is 11.7 Å². The van der Waals surface area contributed by atoms with E-state index in [9.17, 15) is 14.9 Å². The minimum atomic E-state index is -1.58. The van der Waals surface area contributed by atoms with Gasteiger partial charge in [-0.1, -0.05) is 80.6 Å². The molecule has 0 saturated heterocycles. The molecule has 1 spiro atoms. The largest absolute Gasteiger partial charge is 0.384 e. The van der Waals surface area contributed by atoms with Crippen molar-refractivity contribution in [3.05, 3.63) is 119 Å². The number of carbonyl (C=O) groups is 2. The molecule has 3 aromatic rings. The van der Waals surface area contributed by atoms with Crippen molar-refractivity contribution in [2.45, 2.75) is 38.6 Å². The number of amides is 1. The molecule has 1 unspecified atom stereocenters. The standard InChI is InChI=1S/C32H28N4O2/c1-31(2)17-26-28(27(37)18-31)32(24(19-33)29(34)36(26)22-13-7-4-8-14-22)23-15-9-10-16-25(23)35(30(32)38)20-21-11-5-3-6-12-21/h3-16H,17-18,20,34H2,1-2H3. The number of para-hydroxylation sites is 2. The lowest BCUT2D eigenvalue weighted by molar-refractivity contribution is -0.125. The van der Waals surface area contributed by atoms with E-state index in [1.165, 1.54) is 0 Å². The SMILES string of the molecule is CC1(C)CC(=O)C2=C(C1)N(c1ccccc1)C(N)=C(C#N)C21C(=O)N(Cc2ccccc2)c2ccccc21. The van der Waals surface area contributed by atoms with Gasteiger partial charge in [0.1, 0.15) is 17.3 Å². The summed E-state index contributed by atoms with van der Waals surface area (Å²) in [5, 5.41) is 10.6. The molecule has 6 rings (SSSR count). The molecule has 2 N–H and O–H groups in total. The van der Waals surface area contributed by atoms with E-state index in [4.69, 9.17) is 5.73 Å². The molecular formula is C32H28N4O2. The number of benzene rings is 3. The van der Waals surface area contributed by atoms with Gasteiger partial charge in [-0.05, 0) is 35.6 Å². The van der Waals surface area contributed by atoms with Crippen molar-refractivity contribution in [3.63, 3.8) is 0 Å². The second-order valence-corrected chi connectivity index (χ2v) is 10.9. The third-order valence-electron chi connectivity index (χ3n) is 7.84. The van der Waals surface area contributed by atoms with Crippen LogP contribution in [0.5, 0.6) is 0 Å². The van der Waals surface area contributed by atoms with Crippen LogP contribution in [0.15, 0.2) is 108 Å². The minimum absolute atomic E-state index is 0.0983. The first-order valence-electron chi connectivity index (χ1n) is 12.8. The van der Waals surface area contributed by atoms with E-state index in [-0.39, 0.29) is 34.9 Å². The van der Waals surface area contributed by atoms with Gasteiger partial charge in [0, 0.05) is 34.6 Å². The van der Waals surface area contributed by atoms with Gasteiger partial charge < -0.3 is 10.6 Å². The second-order valence-electron chi connectivity index (χ2n) is 10.9. The van der Waals surface area contributed by atoms with Gasteiger partial charge >= 0.3 is 0 Å². The summed E-state index contributed by atoms with van der Waals surface area (Å²) in [6.07, 6.45) is 0.821. The Balaban J connectivity index is 1.67. The summed E-state index contributed by atoms with van der Waals surface area (Å²) in [7, 11) is 0. The molecule has 0 saturated carbocycles. The predicted molar refractivity (Wildman–Crippen MR) is 147 cm³/mol. The predicted octanol–water partition coefficient (Wildman–Crippen LogP) is 5.33. The zero-order valence-electron chi connectivity index (χ0n) is 21.4. The van der Waals surface area contributed by atoms with Crippen molar-refractivity contribution in [1.29, 1.82) is 5.26 Å². The van der Waals surface area contributed by atoms with Crippen LogP contribution < -0.4 is 15.5 Å². The Hall–Kier alpha value is -4.63. The molecule has 0 fully saturated rings. The van der Waals surface area contributed by atoms with Crippen LogP contribution in [0.25, 0.3) is 0 Å². The van der Waals surface area contributed by atoms with E-state index in [0.717, 1.165) is 11.3 Å². The number of ketones is 1. The Morgan fingerprint density at radius 1 is 0.895 bits per heavy atom. The Bertz CT molecular complexity index is 1580. The fourth-order valence-corrected chi connectivity index (χ4v) is 6.35. The lowest BCUT2D eigenvalue weighted by Gasteiger charge is -2.47. The maximum atomic E-state index is 14.7. The van der Waals surface area contributed by atoms with Crippen molar-refractivity contribution in [2.75, 3.05) is 9.80 Å². The topological polar surface area (TPSA) is 90.4 Å². The average molecular weight is 501 g/mol. The van der Waals surface area contributed by atoms with Gasteiger partial charge in [-0.2, -0.15) is 5.26 Å². The fourth-order valence-electron chi connectivity index (χ4n) is 6.35. The molecule has 38 heavy (non-hydrogen) atoms. The van der Waals surface area contributed by atoms with Crippen LogP contribution in [-0.2, 0) is 21.5 Å². The number of nitriles is 1. The van der Waals surface area contributed by atoms with Crippen molar-refractivity contribution in [2.24, 2.45) is 11.1 Å². The third-order valence-corrected chi connectivity index (χ3v) is 7.84. The van der Waals surface area contributed by atoms with Crippen LogP contribution in [0, 0.1) is 16.7 Å². The summed E-state index contributed by atoms with van der Waals surface area (Å²) in [6.45, 7) is 4.43. The Kier molecular flexibility index (Phi) is 5.29. The molecule has 6 nitrogen and oxygen atoms in total. The van der Waals surface area contributed by atoms with E-state index < -0.39 is 5.41 Å². The molecule has 3 aromatic carbocycles. The smallest absolute Gasteiger partial charge is 0.248 e. The maximum absolute atomic E-state index is 14.7. The monoisotopic (exact) mass is 500 g/mol. The molecule has 3 aliphatic rings. The number of anilines is 2. The molecule has 0 bridgehead atoms. The highest BCUT2D eigenvalue weighted by molar-refractivity contribution is 6.20. The summed E-state index contributed by atoms with van der Waals surface area (Å²) < 4.78 is 0. The second kappa shape index (κ2) is 8.46. The van der Waals surface area contributed by atoms with Gasteiger partial charge in [0.05, 0.1) is 12.1 Å². The van der Waals surface area contributed by atoms with Gasteiger partial charge in [-0.15, -0.1) is 0 Å². The Labute approximate surface area is 222 Å². The molecule has 1 amide bonds. The Morgan fingerprint density at radius 2 is 1.53 bits per heavy atom. The summed E-state index contributed by atoms with van der Waals surface area (Å²) in [4.78, 5) is 32.4. The first-order chi connectivity index (χ1) is 18.3. The number of carbonyl (C=O) groups excluding carboxylic acids is 2. The molecule has 6 heteroatoms. The molecule has 0 aromatic heterocycles. The van der Waals surface area contributed by atoms with Crippen LogP contribution in [0.1, 0.15) is 37.8 Å². The van der Waals surface area contributed by atoms with Crippen LogP contribution in [0.2, 0.25) is 0 Å². The molecule has 2 aliphatic heterocycles. The number of allylic oxidation sites excluding steroid dienone is 1. The fraction of sp³-hybridized carbons (Fsp3) is 0.219. The van der Waals surface area contributed by atoms with E-state index >= 15 is 0 Å². The highest BCUT2D eigenvalue weighted by atomic mass is 16.2. The summed E-state index contributed by atoms with van der Waals surface area (Å²) >= 11 is 0. The zero-order valence-corrected chi connectivity index (χ0v) is 21.4. The van der Waals surface area contributed by atoms with Gasteiger partial charge in [-0.3, -0.25) is 14.5 Å². The Morgan fingerprint density at radius 3 is 2.21 bits per heavy atom. The quantitative estimate of drug-likeness (QED) is 0.525. The molecule has 1 aliphatic carbocycles. The molecule has 188 valence electrons. The number of hydrogen-bond donors (Lipinski definition) is 1. The number of nitrogens with two attached hydrogens (primary N) is 1. The zero-order chi connectivity index (χ0) is 26.7. The molecule has 2 heterocycles. The molecular weight excluding hydrogens is 472 g/mol. The number of Topliss-reactive ketones (excluding diaryl/α,β-unsaturated/α-hetero) is 1. The average Bonchev–Trinajstić information content (AvgIpc) is 3.13. The van der Waals surface area contributed by atoms with Gasteiger partial charge in [0.25, 0.3) is 0 Å². The lowest BCUT2D eigenvalue weighted by atomic mass is 9.60. The van der Waals surface area contributed by atoms with Gasteiger partial charge in [0.2, 0.25) is 5.91 Å². The van der Waals surface area contributed by atoms with Crippen LogP contribution in [0.4, 0.5) is 11.4 Å². The van der Waals surface area contributed by atoms with E-state index in [1.807, 2.05) is 89.8 Å². The highest BCUT2D eigenvalue weighted by Crippen LogP contribution is 2.58. The van der Waals surface area contributed by atoms with Crippen molar-refractivity contribution >= 4 is 23.1 Å². The third kappa shape index (κ3) is 3.25. The summed E-state index contributed by atoms with van der Waals surface area (Å²) in [6, 6.07) is 29.0. The minimum Gasteiger partial charge on any atom is -0.384 e. The number of fused-ring (bicyclic) bond motifs is 3. The first kappa shape index (κ1) is 23.7. The maximum Gasteiger partial charge on any atom is 0.248 e. The van der Waals surface area contributed by atoms with Crippen LogP contribution in [0.3, 0.4) is 0 Å². The van der Waals surface area contributed by atoms with Crippen LogP contribution >= 0.6 is 0 Å². The van der Waals surface area contributed by atoms with E-state index in [2.05, 4.69) is 19.9 Å². The van der Waals surface area contributed by atoms with E-state index in [1.54, 1.807) is 4.90 Å². The highest BCUT2D eigenvalue weighted by Gasteiger charge is 2.63. The molecule has 1 atom stereocenters. The van der Waals surface area contributed by atoms with Gasteiger partial charge in [-0.25, -0.2) is 0 Å².